The van der Waals surface area contributed by atoms with Crippen molar-refractivity contribution >= 4 is 5.97 Å². The summed E-state index contributed by atoms with van der Waals surface area (Å²) in [5, 5.41) is 13.9. The summed E-state index contributed by atoms with van der Waals surface area (Å²) in [6, 6.07) is 7.24. The van der Waals surface area contributed by atoms with E-state index in [-0.39, 0.29) is 17.0 Å². The van der Waals surface area contributed by atoms with E-state index in [1.165, 1.54) is 12.3 Å². The Bertz CT molecular complexity index is 1220. The number of fused-ring (bicyclic) bond motifs is 3. The highest BCUT2D eigenvalue weighted by molar-refractivity contribution is 5.88. The van der Waals surface area contributed by atoms with E-state index < -0.39 is 11.4 Å². The summed E-state index contributed by atoms with van der Waals surface area (Å²) in [7, 11) is 1.66. The average molecular weight is 452 g/mol. The van der Waals surface area contributed by atoms with Crippen LogP contribution in [0.1, 0.15) is 49.2 Å². The molecule has 33 heavy (non-hydrogen) atoms. The van der Waals surface area contributed by atoms with E-state index in [9.17, 15) is 14.7 Å². The molecule has 174 valence electrons. The molecule has 4 rings (SSSR count). The molecule has 3 heterocycles. The zero-order valence-electron chi connectivity index (χ0n) is 19.4. The van der Waals surface area contributed by atoms with Crippen LogP contribution in [0, 0.1) is 5.41 Å². The highest BCUT2D eigenvalue weighted by atomic mass is 16.5. The number of ether oxygens (including phenoxy) is 2. The Labute approximate surface area is 192 Å². The maximum absolute atomic E-state index is 12.6. The molecule has 0 saturated carbocycles. The Hall–Kier alpha value is -3.39. The molecule has 0 saturated heterocycles. The topological polar surface area (TPSA) is 95.6 Å². The summed E-state index contributed by atoms with van der Waals surface area (Å²) < 4.78 is 14.9. The molecule has 3 aromatic rings. The SMILES string of the molecule is COCCCOc1cc2c(cc1-n1cccn1)-c1cc(=O)c(C(=O)O)cn1[C@@H](C(C)(C)C)C2. The fourth-order valence-corrected chi connectivity index (χ4v) is 4.32. The Balaban J connectivity index is 1.90. The van der Waals surface area contributed by atoms with Gasteiger partial charge < -0.3 is 19.1 Å². The van der Waals surface area contributed by atoms with Gasteiger partial charge in [0.1, 0.15) is 17.0 Å². The van der Waals surface area contributed by atoms with E-state index in [1.807, 2.05) is 29.0 Å². The van der Waals surface area contributed by atoms with Crippen molar-refractivity contribution in [2.45, 2.75) is 39.7 Å². The molecule has 1 aromatic carbocycles. The number of rotatable bonds is 7. The first-order valence-electron chi connectivity index (χ1n) is 11.0. The molecular weight excluding hydrogens is 422 g/mol. The van der Waals surface area contributed by atoms with E-state index in [0.717, 1.165) is 23.2 Å². The van der Waals surface area contributed by atoms with Gasteiger partial charge in [-0.25, -0.2) is 9.48 Å². The molecule has 0 spiro atoms. The number of aromatic nitrogens is 3. The second-order valence-electron chi connectivity index (χ2n) is 9.36. The van der Waals surface area contributed by atoms with Crippen LogP contribution in [-0.2, 0) is 11.2 Å². The lowest BCUT2D eigenvalue weighted by molar-refractivity contribution is 0.0693. The molecule has 0 amide bonds. The van der Waals surface area contributed by atoms with Gasteiger partial charge in [0, 0.05) is 56.4 Å². The first-order valence-corrected chi connectivity index (χ1v) is 11.0. The van der Waals surface area contributed by atoms with Crippen molar-refractivity contribution in [1.29, 1.82) is 0 Å². The number of pyridine rings is 1. The van der Waals surface area contributed by atoms with Gasteiger partial charge in [0.05, 0.1) is 12.3 Å². The highest BCUT2D eigenvalue weighted by Gasteiger charge is 2.34. The molecule has 8 heteroatoms. The Kier molecular flexibility index (Phi) is 6.12. The third kappa shape index (κ3) is 4.43. The van der Waals surface area contributed by atoms with Crippen LogP contribution in [0.2, 0.25) is 0 Å². The minimum absolute atomic E-state index is 0.0319. The van der Waals surface area contributed by atoms with Crippen molar-refractivity contribution in [3.05, 3.63) is 64.2 Å². The predicted molar refractivity (Wildman–Crippen MR) is 124 cm³/mol. The van der Waals surface area contributed by atoms with Gasteiger partial charge >= 0.3 is 5.97 Å². The molecule has 1 aliphatic rings. The number of carbonyl (C=O) groups is 1. The third-order valence-electron chi connectivity index (χ3n) is 6.02. The number of nitrogens with zero attached hydrogens (tertiary/aromatic N) is 3. The summed E-state index contributed by atoms with van der Waals surface area (Å²) >= 11 is 0. The Morgan fingerprint density at radius 1 is 1.24 bits per heavy atom. The van der Waals surface area contributed by atoms with Gasteiger partial charge in [0.2, 0.25) is 0 Å². The summed E-state index contributed by atoms with van der Waals surface area (Å²) in [6.45, 7) is 7.46. The van der Waals surface area contributed by atoms with Gasteiger partial charge in [-0.15, -0.1) is 0 Å². The molecule has 2 aromatic heterocycles. The van der Waals surface area contributed by atoms with Crippen molar-refractivity contribution in [3.8, 4) is 22.7 Å². The lowest BCUT2D eigenvalue weighted by Crippen LogP contribution is -2.33. The molecule has 0 aliphatic carbocycles. The van der Waals surface area contributed by atoms with E-state index in [2.05, 4.69) is 25.9 Å². The van der Waals surface area contributed by atoms with Gasteiger partial charge in [-0.3, -0.25) is 4.79 Å². The summed E-state index contributed by atoms with van der Waals surface area (Å²) in [5.74, 6) is -0.509. The summed E-state index contributed by atoms with van der Waals surface area (Å²) in [5.41, 5.74) is 2.49. The maximum Gasteiger partial charge on any atom is 0.341 e. The van der Waals surface area contributed by atoms with Crippen LogP contribution in [0.4, 0.5) is 0 Å². The molecule has 1 N–H and O–H groups in total. The van der Waals surface area contributed by atoms with Gasteiger partial charge in [-0.1, -0.05) is 20.8 Å². The Morgan fingerprint density at radius 3 is 2.67 bits per heavy atom. The molecule has 0 bridgehead atoms. The third-order valence-corrected chi connectivity index (χ3v) is 6.02. The quantitative estimate of drug-likeness (QED) is 0.547. The number of aromatic carboxylic acids is 1. The van der Waals surface area contributed by atoms with Crippen LogP contribution in [0.15, 0.2) is 47.7 Å². The second kappa shape index (κ2) is 8.86. The van der Waals surface area contributed by atoms with Crippen molar-refractivity contribution in [1.82, 2.24) is 14.3 Å². The van der Waals surface area contributed by atoms with Crippen molar-refractivity contribution in [2.24, 2.45) is 5.41 Å². The first-order chi connectivity index (χ1) is 15.7. The lowest BCUT2D eigenvalue weighted by atomic mass is 9.78. The smallest absolute Gasteiger partial charge is 0.341 e. The molecule has 0 fully saturated rings. The molecule has 1 atom stereocenters. The van der Waals surface area contributed by atoms with E-state index in [4.69, 9.17) is 9.47 Å². The van der Waals surface area contributed by atoms with Gasteiger partial charge in [0.15, 0.2) is 5.43 Å². The van der Waals surface area contributed by atoms with Crippen LogP contribution in [-0.4, -0.2) is 45.7 Å². The van der Waals surface area contributed by atoms with Crippen LogP contribution in [0.3, 0.4) is 0 Å². The number of benzene rings is 1. The lowest BCUT2D eigenvalue weighted by Gasteiger charge is -2.39. The predicted octanol–water partition coefficient (Wildman–Crippen LogP) is 3.96. The first kappa shape index (κ1) is 22.8. The monoisotopic (exact) mass is 451 g/mol. The summed E-state index contributed by atoms with van der Waals surface area (Å²) in [6.07, 6.45) is 6.46. The fraction of sp³-hybridized carbons (Fsp3) is 0.400. The average Bonchev–Trinajstić information content (AvgIpc) is 3.29. The van der Waals surface area contributed by atoms with Crippen LogP contribution < -0.4 is 10.2 Å². The maximum atomic E-state index is 12.6. The van der Waals surface area contributed by atoms with Crippen molar-refractivity contribution in [3.63, 3.8) is 0 Å². The number of hydrogen-bond donors (Lipinski definition) is 1. The van der Waals surface area contributed by atoms with Crippen LogP contribution in [0.5, 0.6) is 5.75 Å². The van der Waals surface area contributed by atoms with Crippen molar-refractivity contribution in [2.75, 3.05) is 20.3 Å². The van der Waals surface area contributed by atoms with Gasteiger partial charge in [0.25, 0.3) is 0 Å². The number of hydrogen-bond acceptors (Lipinski definition) is 5. The number of carboxylic acid groups (broad SMARTS) is 1. The normalized spacial score (nSPS) is 15.1. The van der Waals surface area contributed by atoms with E-state index >= 15 is 0 Å². The van der Waals surface area contributed by atoms with Crippen LogP contribution >= 0.6 is 0 Å². The minimum atomic E-state index is -1.22. The zero-order valence-corrected chi connectivity index (χ0v) is 19.4. The van der Waals surface area contributed by atoms with Gasteiger partial charge in [-0.2, -0.15) is 5.10 Å². The van der Waals surface area contributed by atoms with Crippen LogP contribution in [0.25, 0.3) is 16.9 Å². The Morgan fingerprint density at radius 2 is 2.03 bits per heavy atom. The van der Waals surface area contributed by atoms with E-state index in [0.29, 0.717) is 31.1 Å². The summed E-state index contributed by atoms with van der Waals surface area (Å²) in [4.78, 5) is 24.3. The largest absolute Gasteiger partial charge is 0.491 e. The van der Waals surface area contributed by atoms with Crippen molar-refractivity contribution < 1.29 is 19.4 Å². The molecule has 1 aliphatic heterocycles. The molecular formula is C25H29N3O5. The standard InChI is InChI=1S/C25H29N3O5/c1-25(2,3)23-12-16-11-22(33-10-6-9-32-4)20(28-8-5-7-26-28)13-17(16)19-14-21(29)18(24(30)31)15-27(19)23/h5,7-8,11,13-15,23H,6,9-10,12H2,1-4H3,(H,30,31)/t23-/m1/s1. The minimum Gasteiger partial charge on any atom is -0.491 e. The van der Waals surface area contributed by atoms with E-state index in [1.54, 1.807) is 18.0 Å². The number of methoxy groups -OCH3 is 1. The molecule has 0 radical (unpaired) electrons. The number of carboxylic acids is 1. The molecule has 0 unspecified atom stereocenters. The van der Waals surface area contributed by atoms with Gasteiger partial charge in [-0.05, 0) is 35.6 Å². The molecule has 8 nitrogen and oxygen atoms in total. The zero-order chi connectivity index (χ0) is 23.8. The fourth-order valence-electron chi connectivity index (χ4n) is 4.32. The second-order valence-corrected chi connectivity index (χ2v) is 9.36. The highest BCUT2D eigenvalue weighted by Crippen LogP contribution is 2.44.